The molecule has 4 rings (SSSR count). The molecule has 0 amide bonds. The molecule has 0 radical (unpaired) electrons. The number of hydrogen-bond donors (Lipinski definition) is 1. The standard InChI is InChI=1S/C23H36N4O2.HI/c1-24-22(27-12-11-23(18-27)9-3-4-10-23)25-17-21(26-13-15-29-16-14-26)19-5-7-20(28-2)8-6-19;/h5-8,21H,3-4,9-18H2,1-2H3,(H,24,25);1H. The Kier molecular flexibility index (Phi) is 8.65. The average molecular weight is 528 g/mol. The number of morpholine rings is 1. The van der Waals surface area contributed by atoms with Gasteiger partial charge in [-0.25, -0.2) is 0 Å². The van der Waals surface area contributed by atoms with Crippen molar-refractivity contribution in [2.24, 2.45) is 10.4 Å². The van der Waals surface area contributed by atoms with Gasteiger partial charge < -0.3 is 19.7 Å². The highest BCUT2D eigenvalue weighted by molar-refractivity contribution is 14.0. The van der Waals surface area contributed by atoms with Crippen LogP contribution >= 0.6 is 24.0 Å². The molecular formula is C23H37IN4O2. The first-order valence-electron chi connectivity index (χ1n) is 11.1. The van der Waals surface area contributed by atoms with Crippen LogP contribution in [0.2, 0.25) is 0 Å². The van der Waals surface area contributed by atoms with Crippen LogP contribution in [0.1, 0.15) is 43.7 Å². The number of nitrogens with zero attached hydrogens (tertiary/aromatic N) is 3. The number of hydrogen-bond acceptors (Lipinski definition) is 4. The Morgan fingerprint density at radius 2 is 1.83 bits per heavy atom. The van der Waals surface area contributed by atoms with E-state index in [-0.39, 0.29) is 24.0 Å². The molecule has 1 unspecified atom stereocenters. The fourth-order valence-electron chi connectivity index (χ4n) is 5.34. The summed E-state index contributed by atoms with van der Waals surface area (Å²) >= 11 is 0. The third kappa shape index (κ3) is 5.40. The number of benzene rings is 1. The van der Waals surface area contributed by atoms with Crippen molar-refractivity contribution in [2.45, 2.75) is 38.1 Å². The number of ether oxygens (including phenoxy) is 2. The fraction of sp³-hybridized carbons (Fsp3) is 0.696. The highest BCUT2D eigenvalue weighted by Crippen LogP contribution is 2.45. The molecular weight excluding hydrogens is 491 g/mol. The Morgan fingerprint density at radius 3 is 2.47 bits per heavy atom. The third-order valence-corrected chi connectivity index (χ3v) is 7.05. The largest absolute Gasteiger partial charge is 0.497 e. The lowest BCUT2D eigenvalue weighted by atomic mass is 9.86. The van der Waals surface area contributed by atoms with E-state index in [1.807, 2.05) is 7.05 Å². The van der Waals surface area contributed by atoms with Gasteiger partial charge in [-0.3, -0.25) is 9.89 Å². The van der Waals surface area contributed by atoms with E-state index < -0.39 is 0 Å². The summed E-state index contributed by atoms with van der Waals surface area (Å²) in [6, 6.07) is 8.79. The molecule has 1 saturated carbocycles. The summed E-state index contributed by atoms with van der Waals surface area (Å²) < 4.78 is 10.9. The van der Waals surface area contributed by atoms with E-state index in [2.05, 4.69) is 44.4 Å². The van der Waals surface area contributed by atoms with Gasteiger partial charge in [0, 0.05) is 39.8 Å². The molecule has 1 aromatic carbocycles. The van der Waals surface area contributed by atoms with Crippen LogP contribution in [0, 0.1) is 5.41 Å². The van der Waals surface area contributed by atoms with Gasteiger partial charge in [-0.05, 0) is 42.4 Å². The molecule has 1 atom stereocenters. The Labute approximate surface area is 198 Å². The van der Waals surface area contributed by atoms with Crippen LogP contribution < -0.4 is 10.1 Å². The normalized spacial score (nSPS) is 22.7. The maximum Gasteiger partial charge on any atom is 0.193 e. The zero-order valence-corrected chi connectivity index (χ0v) is 20.8. The minimum Gasteiger partial charge on any atom is -0.497 e. The Morgan fingerprint density at radius 1 is 1.13 bits per heavy atom. The van der Waals surface area contributed by atoms with E-state index in [1.165, 1.54) is 37.7 Å². The van der Waals surface area contributed by atoms with Crippen LogP contribution in [0.4, 0.5) is 0 Å². The van der Waals surface area contributed by atoms with Crippen LogP contribution in [0.5, 0.6) is 5.75 Å². The first-order chi connectivity index (χ1) is 14.2. The Hall–Kier alpha value is -1.06. The maximum absolute atomic E-state index is 5.59. The number of nitrogens with one attached hydrogen (secondary N) is 1. The van der Waals surface area contributed by atoms with Crippen LogP contribution in [-0.2, 0) is 4.74 Å². The summed E-state index contributed by atoms with van der Waals surface area (Å²) in [7, 11) is 3.63. The number of aliphatic imine (C=N–C) groups is 1. The topological polar surface area (TPSA) is 49.3 Å². The fourth-order valence-corrected chi connectivity index (χ4v) is 5.34. The van der Waals surface area contributed by atoms with Crippen LogP contribution in [0.15, 0.2) is 29.3 Å². The molecule has 3 fully saturated rings. The summed E-state index contributed by atoms with van der Waals surface area (Å²) in [5, 5.41) is 3.70. The first-order valence-corrected chi connectivity index (χ1v) is 11.1. The van der Waals surface area contributed by atoms with Crippen molar-refractivity contribution in [1.82, 2.24) is 15.1 Å². The summed E-state index contributed by atoms with van der Waals surface area (Å²) in [4.78, 5) is 9.63. The highest BCUT2D eigenvalue weighted by atomic mass is 127. The van der Waals surface area contributed by atoms with Crippen molar-refractivity contribution in [3.63, 3.8) is 0 Å². The van der Waals surface area contributed by atoms with Crippen LogP contribution in [0.25, 0.3) is 0 Å². The Bertz CT molecular complexity index is 685. The highest BCUT2D eigenvalue weighted by Gasteiger charge is 2.41. The maximum atomic E-state index is 5.59. The molecule has 168 valence electrons. The minimum atomic E-state index is 0. The second-order valence-electron chi connectivity index (χ2n) is 8.74. The second kappa shape index (κ2) is 11.0. The minimum absolute atomic E-state index is 0. The predicted molar refractivity (Wildman–Crippen MR) is 132 cm³/mol. The van der Waals surface area contributed by atoms with E-state index in [1.54, 1.807) is 7.11 Å². The van der Waals surface area contributed by atoms with E-state index >= 15 is 0 Å². The molecule has 2 saturated heterocycles. The van der Waals surface area contributed by atoms with Gasteiger partial charge in [-0.15, -0.1) is 24.0 Å². The van der Waals surface area contributed by atoms with Crippen molar-refractivity contribution < 1.29 is 9.47 Å². The second-order valence-corrected chi connectivity index (χ2v) is 8.74. The first kappa shape index (κ1) is 23.6. The molecule has 2 heterocycles. The molecule has 1 N–H and O–H groups in total. The predicted octanol–water partition coefficient (Wildman–Crippen LogP) is 3.53. The quantitative estimate of drug-likeness (QED) is 0.360. The molecule has 1 aromatic rings. The number of rotatable bonds is 5. The van der Waals surface area contributed by atoms with E-state index in [4.69, 9.17) is 9.47 Å². The lowest BCUT2D eigenvalue weighted by Crippen LogP contribution is -2.47. The van der Waals surface area contributed by atoms with Crippen molar-refractivity contribution in [3.05, 3.63) is 29.8 Å². The van der Waals surface area contributed by atoms with Gasteiger partial charge in [-0.2, -0.15) is 0 Å². The molecule has 30 heavy (non-hydrogen) atoms. The van der Waals surface area contributed by atoms with Crippen molar-refractivity contribution in [2.75, 3.05) is 60.1 Å². The number of halogens is 1. The van der Waals surface area contributed by atoms with Gasteiger partial charge >= 0.3 is 0 Å². The molecule has 1 aliphatic carbocycles. The van der Waals surface area contributed by atoms with Gasteiger partial charge in [0.05, 0.1) is 26.4 Å². The van der Waals surface area contributed by atoms with Gasteiger partial charge in [0.25, 0.3) is 0 Å². The van der Waals surface area contributed by atoms with Crippen LogP contribution in [0.3, 0.4) is 0 Å². The van der Waals surface area contributed by atoms with Crippen LogP contribution in [-0.4, -0.2) is 75.9 Å². The molecule has 0 aromatic heterocycles. The summed E-state index contributed by atoms with van der Waals surface area (Å²) in [5.74, 6) is 1.96. The van der Waals surface area contributed by atoms with E-state index in [0.29, 0.717) is 11.5 Å². The molecule has 2 aliphatic heterocycles. The van der Waals surface area contributed by atoms with Crippen molar-refractivity contribution >= 4 is 29.9 Å². The molecule has 1 spiro atoms. The zero-order valence-electron chi connectivity index (χ0n) is 18.4. The zero-order chi connectivity index (χ0) is 20.1. The number of guanidine groups is 1. The SMILES string of the molecule is CN=C(NCC(c1ccc(OC)cc1)N1CCOCC1)N1CCC2(CCCC2)C1.I. The summed E-state index contributed by atoms with van der Waals surface area (Å²) in [6.07, 6.45) is 6.90. The smallest absolute Gasteiger partial charge is 0.193 e. The van der Waals surface area contributed by atoms with Gasteiger partial charge in [0.15, 0.2) is 5.96 Å². The lowest BCUT2D eigenvalue weighted by Gasteiger charge is -2.36. The number of methoxy groups -OCH3 is 1. The summed E-state index contributed by atoms with van der Waals surface area (Å²) in [5.41, 5.74) is 1.86. The molecule has 7 heteroatoms. The van der Waals surface area contributed by atoms with E-state index in [0.717, 1.165) is 57.6 Å². The third-order valence-electron chi connectivity index (χ3n) is 7.05. The molecule has 3 aliphatic rings. The number of likely N-dealkylation sites (tertiary alicyclic amines) is 1. The van der Waals surface area contributed by atoms with E-state index in [9.17, 15) is 0 Å². The average Bonchev–Trinajstić information content (AvgIpc) is 3.42. The molecule has 0 bridgehead atoms. The summed E-state index contributed by atoms with van der Waals surface area (Å²) in [6.45, 7) is 6.67. The van der Waals surface area contributed by atoms with Gasteiger partial charge in [-0.1, -0.05) is 25.0 Å². The van der Waals surface area contributed by atoms with Crippen molar-refractivity contribution in [3.8, 4) is 5.75 Å². The van der Waals surface area contributed by atoms with Gasteiger partial charge in [0.2, 0.25) is 0 Å². The Balaban J connectivity index is 0.00000256. The van der Waals surface area contributed by atoms with Crippen molar-refractivity contribution in [1.29, 1.82) is 0 Å². The molecule has 6 nitrogen and oxygen atoms in total. The monoisotopic (exact) mass is 528 g/mol. The van der Waals surface area contributed by atoms with Gasteiger partial charge in [0.1, 0.15) is 5.75 Å². The lowest BCUT2D eigenvalue weighted by molar-refractivity contribution is 0.0169.